The summed E-state index contributed by atoms with van der Waals surface area (Å²) in [6, 6.07) is 13.0. The summed E-state index contributed by atoms with van der Waals surface area (Å²) < 4.78 is 64.7. The van der Waals surface area contributed by atoms with E-state index in [-0.39, 0.29) is 17.2 Å². The maximum Gasteiger partial charge on any atom is 0.410 e. The molecule has 264 valence electrons. The molecule has 2 aromatic rings. The molecule has 0 saturated heterocycles. The third-order valence-electron chi connectivity index (χ3n) is 9.20. The summed E-state index contributed by atoms with van der Waals surface area (Å²) in [5.74, 6) is -0.413. The van der Waals surface area contributed by atoms with E-state index < -0.39 is 46.7 Å². The van der Waals surface area contributed by atoms with Crippen molar-refractivity contribution in [1.82, 2.24) is 10.2 Å². The Bertz CT molecular complexity index is 1640. The van der Waals surface area contributed by atoms with Crippen molar-refractivity contribution >= 4 is 36.0 Å². The van der Waals surface area contributed by atoms with Crippen LogP contribution in [-0.2, 0) is 23.9 Å². The van der Waals surface area contributed by atoms with E-state index in [0.717, 1.165) is 11.1 Å². The third-order valence-corrected chi connectivity index (χ3v) is 15.6. The number of nitrogens with one attached hydrogen (secondary N) is 1. The molecule has 0 saturated carbocycles. The monoisotopic (exact) mass is 701 g/mol. The zero-order valence-corrected chi connectivity index (χ0v) is 31.8. The highest BCUT2D eigenvalue weighted by atomic mass is 32.2. The maximum absolute atomic E-state index is 15.0. The maximum atomic E-state index is 15.0. The normalized spacial score (nSPS) is 20.2. The van der Waals surface area contributed by atoms with Gasteiger partial charge in [-0.15, -0.1) is 4.40 Å². The highest BCUT2D eigenvalue weighted by Gasteiger charge is 2.48. The van der Waals surface area contributed by atoms with E-state index in [2.05, 4.69) is 43.6 Å². The topological polar surface area (TPSA) is 107 Å². The molecule has 48 heavy (non-hydrogen) atoms. The van der Waals surface area contributed by atoms with Crippen LogP contribution in [0.4, 0.5) is 9.18 Å². The van der Waals surface area contributed by atoms with E-state index in [0.29, 0.717) is 43.7 Å². The minimum atomic E-state index is -4.09. The lowest BCUT2D eigenvalue weighted by atomic mass is 9.94. The quantitative estimate of drug-likeness (QED) is 0.277. The lowest BCUT2D eigenvalue weighted by Gasteiger charge is -2.38. The van der Waals surface area contributed by atoms with Crippen LogP contribution in [-0.4, -0.2) is 64.6 Å². The molecule has 1 unspecified atom stereocenters. The lowest BCUT2D eigenvalue weighted by Crippen LogP contribution is -2.48. The van der Waals surface area contributed by atoms with E-state index in [1.165, 1.54) is 6.07 Å². The Balaban J connectivity index is 1.52. The van der Waals surface area contributed by atoms with Crippen LogP contribution in [0.2, 0.25) is 18.1 Å². The van der Waals surface area contributed by atoms with Crippen LogP contribution in [0.5, 0.6) is 0 Å². The standard InChI is InChI=1S/C36H52FN3O6SSi/c1-34(2,3)46-33(41)40-22-19-26(20-23-40)25-15-17-27(18-16-25)31-36(7,8)45-32(39-47(31,42)43)38-30(28-13-11-12-14-29(28)37)21-24-44-48(9,10)35(4,5)6/h11-19,30-31H,20-24H2,1-10H3,(H,38,39)/t30-,31?/m0/s1. The summed E-state index contributed by atoms with van der Waals surface area (Å²) in [5, 5.41) is 2.03. The van der Waals surface area contributed by atoms with Gasteiger partial charge in [0.05, 0.1) is 6.04 Å². The van der Waals surface area contributed by atoms with Crippen LogP contribution in [0.25, 0.3) is 5.57 Å². The number of hydrogen-bond acceptors (Lipinski definition) is 7. The number of amides is 1. The Labute approximate surface area is 287 Å². The Morgan fingerprint density at radius 1 is 1.10 bits per heavy atom. The molecular formula is C36H52FN3O6SSi. The lowest BCUT2D eigenvalue weighted by molar-refractivity contribution is 0.0270. The molecule has 2 atom stereocenters. The first-order valence-corrected chi connectivity index (χ1v) is 21.0. The fourth-order valence-electron chi connectivity index (χ4n) is 5.63. The molecule has 1 N–H and O–H groups in total. The van der Waals surface area contributed by atoms with Gasteiger partial charge in [0.25, 0.3) is 10.0 Å². The SMILES string of the molecule is CC(C)(C)OC(=O)N1CC=C(c2ccc(C3C(C)(C)OC(N[C@@H](CCO[Si](C)(C)C(C)(C)C)c4ccccc4F)=NS3(=O)=O)cc2)CC1. The number of rotatable bonds is 8. The average molecular weight is 702 g/mol. The molecule has 2 heterocycles. The Morgan fingerprint density at radius 3 is 2.29 bits per heavy atom. The Kier molecular flexibility index (Phi) is 10.9. The molecule has 0 fully saturated rings. The predicted molar refractivity (Wildman–Crippen MR) is 191 cm³/mol. The van der Waals surface area contributed by atoms with E-state index in [1.807, 2.05) is 39.0 Å². The summed E-state index contributed by atoms with van der Waals surface area (Å²) in [4.78, 5) is 14.1. The molecule has 2 aliphatic heterocycles. The van der Waals surface area contributed by atoms with E-state index in [4.69, 9.17) is 13.9 Å². The summed E-state index contributed by atoms with van der Waals surface area (Å²) in [7, 11) is -6.16. The van der Waals surface area contributed by atoms with Gasteiger partial charge in [0, 0.05) is 25.3 Å². The first-order chi connectivity index (χ1) is 22.1. The van der Waals surface area contributed by atoms with Crippen LogP contribution in [0.3, 0.4) is 0 Å². The van der Waals surface area contributed by atoms with Crippen LogP contribution < -0.4 is 5.32 Å². The van der Waals surface area contributed by atoms with E-state index in [9.17, 15) is 13.2 Å². The summed E-state index contributed by atoms with van der Waals surface area (Å²) in [6.07, 6.45) is 2.69. The highest BCUT2D eigenvalue weighted by molar-refractivity contribution is 7.90. The Hall–Kier alpha value is -3.22. The number of ether oxygens (including phenoxy) is 2. The fourth-order valence-corrected chi connectivity index (χ4v) is 8.39. The molecule has 0 spiro atoms. The predicted octanol–water partition coefficient (Wildman–Crippen LogP) is 8.13. The minimum Gasteiger partial charge on any atom is -0.457 e. The van der Waals surface area contributed by atoms with Crippen LogP contribution in [0.15, 0.2) is 59.0 Å². The molecular weight excluding hydrogens is 650 g/mol. The first kappa shape index (κ1) is 37.6. The van der Waals surface area contributed by atoms with Crippen molar-refractivity contribution in [1.29, 1.82) is 0 Å². The molecule has 0 aliphatic carbocycles. The van der Waals surface area contributed by atoms with Crippen LogP contribution in [0, 0.1) is 5.82 Å². The summed E-state index contributed by atoms with van der Waals surface area (Å²) >= 11 is 0. The fraction of sp³-hybridized carbons (Fsp3) is 0.556. The van der Waals surface area contributed by atoms with Gasteiger partial charge in [0.1, 0.15) is 22.3 Å². The number of hydrogen-bond donors (Lipinski definition) is 1. The number of carbonyl (C=O) groups is 1. The van der Waals surface area contributed by atoms with Crippen molar-refractivity contribution in [2.45, 2.75) is 109 Å². The van der Waals surface area contributed by atoms with Gasteiger partial charge < -0.3 is 24.1 Å². The molecule has 0 radical (unpaired) electrons. The first-order valence-electron chi connectivity index (χ1n) is 16.5. The number of sulfonamides is 1. The minimum absolute atomic E-state index is 0.00608. The van der Waals surface area contributed by atoms with Gasteiger partial charge in [0.2, 0.25) is 0 Å². The third kappa shape index (κ3) is 9.06. The molecule has 4 rings (SSSR count). The second-order valence-electron chi connectivity index (χ2n) is 15.6. The van der Waals surface area contributed by atoms with Gasteiger partial charge in [-0.3, -0.25) is 0 Å². The van der Waals surface area contributed by atoms with Gasteiger partial charge in [-0.25, -0.2) is 17.6 Å². The van der Waals surface area contributed by atoms with Crippen molar-refractivity contribution in [2.24, 2.45) is 4.40 Å². The zero-order chi connectivity index (χ0) is 35.7. The summed E-state index contributed by atoms with van der Waals surface area (Å²) in [6.45, 7) is 21.1. The second-order valence-corrected chi connectivity index (χ2v) is 22.1. The van der Waals surface area contributed by atoms with Crippen molar-refractivity contribution in [3.8, 4) is 0 Å². The van der Waals surface area contributed by atoms with Gasteiger partial charge >= 0.3 is 12.1 Å². The van der Waals surface area contributed by atoms with E-state index >= 15 is 4.39 Å². The molecule has 2 aliphatic rings. The molecule has 12 heteroatoms. The molecule has 9 nitrogen and oxygen atoms in total. The van der Waals surface area contributed by atoms with E-state index in [1.54, 1.807) is 49.1 Å². The van der Waals surface area contributed by atoms with Gasteiger partial charge in [-0.05, 0) is 88.4 Å². The smallest absolute Gasteiger partial charge is 0.410 e. The molecule has 2 aromatic carbocycles. The molecule has 0 aromatic heterocycles. The number of halogens is 1. The number of benzene rings is 2. The second kappa shape index (κ2) is 14.0. The summed E-state index contributed by atoms with van der Waals surface area (Å²) in [5.41, 5.74) is 1.20. The van der Waals surface area contributed by atoms with Crippen LogP contribution >= 0.6 is 0 Å². The number of carbonyl (C=O) groups excluding carboxylic acids is 1. The number of nitrogens with zero attached hydrogens (tertiary/aromatic N) is 2. The molecule has 1 amide bonds. The van der Waals surface area contributed by atoms with Crippen molar-refractivity contribution < 1.29 is 31.5 Å². The van der Waals surface area contributed by atoms with Crippen molar-refractivity contribution in [2.75, 3.05) is 19.7 Å². The Morgan fingerprint density at radius 2 is 1.75 bits per heavy atom. The van der Waals surface area contributed by atoms with Crippen molar-refractivity contribution in [3.63, 3.8) is 0 Å². The number of amidine groups is 1. The van der Waals surface area contributed by atoms with Crippen molar-refractivity contribution in [3.05, 3.63) is 77.1 Å². The van der Waals surface area contributed by atoms with Gasteiger partial charge in [0.15, 0.2) is 8.32 Å². The van der Waals surface area contributed by atoms with Gasteiger partial charge in [-0.2, -0.15) is 0 Å². The largest absolute Gasteiger partial charge is 0.457 e. The highest BCUT2D eigenvalue weighted by Crippen LogP contribution is 2.41. The van der Waals surface area contributed by atoms with Crippen LogP contribution in [0.1, 0.15) is 96.2 Å². The molecule has 0 bridgehead atoms. The van der Waals surface area contributed by atoms with Gasteiger partial charge in [-0.1, -0.05) is 69.3 Å². The average Bonchev–Trinajstić information content (AvgIpc) is 2.94. The zero-order valence-electron chi connectivity index (χ0n) is 30.0.